The van der Waals surface area contributed by atoms with E-state index in [1.165, 1.54) is 12.1 Å². The van der Waals surface area contributed by atoms with Gasteiger partial charge in [0.05, 0.1) is 11.3 Å². The van der Waals surface area contributed by atoms with Crippen LogP contribution in [0.5, 0.6) is 0 Å². The summed E-state index contributed by atoms with van der Waals surface area (Å²) < 4.78 is 18.7. The van der Waals surface area contributed by atoms with Crippen molar-refractivity contribution in [1.29, 1.82) is 0 Å². The molecule has 96 valence electrons. The first-order valence-electron chi connectivity index (χ1n) is 5.56. The van der Waals surface area contributed by atoms with Crippen molar-refractivity contribution in [3.05, 3.63) is 29.8 Å². The summed E-state index contributed by atoms with van der Waals surface area (Å²) in [7, 11) is 0. The van der Waals surface area contributed by atoms with Crippen LogP contribution in [0.4, 0.5) is 10.1 Å². The minimum absolute atomic E-state index is 0.187. The van der Waals surface area contributed by atoms with Gasteiger partial charge >= 0.3 is 0 Å². The molecule has 0 amide bonds. The summed E-state index contributed by atoms with van der Waals surface area (Å²) in [5.41, 5.74) is 6.12. The molecule has 0 atom stereocenters. The molecule has 1 aromatic carbocycles. The van der Waals surface area contributed by atoms with E-state index in [0.717, 1.165) is 0 Å². The van der Waals surface area contributed by atoms with Gasteiger partial charge in [0.25, 0.3) is 5.89 Å². The van der Waals surface area contributed by atoms with E-state index in [1.54, 1.807) is 17.8 Å². The first-order valence-corrected chi connectivity index (χ1v) is 6.60. The number of hydrogen-bond acceptors (Lipinski definition) is 5. The van der Waals surface area contributed by atoms with E-state index in [0.29, 0.717) is 22.5 Å². The minimum atomic E-state index is -0.457. The van der Waals surface area contributed by atoms with Crippen LogP contribution in [0.15, 0.2) is 22.7 Å². The fraction of sp³-hybridized carbons (Fsp3) is 0.333. The number of nitrogen functional groups attached to an aromatic ring is 1. The van der Waals surface area contributed by atoms with E-state index in [4.69, 9.17) is 10.3 Å². The number of aromatic nitrogens is 2. The van der Waals surface area contributed by atoms with Crippen LogP contribution in [-0.4, -0.2) is 15.4 Å². The lowest BCUT2D eigenvalue weighted by atomic mass is 10.2. The Kier molecular flexibility index (Phi) is 3.86. The van der Waals surface area contributed by atoms with Crippen LogP contribution >= 0.6 is 11.8 Å². The monoisotopic (exact) mass is 267 g/mol. The fourth-order valence-corrected chi connectivity index (χ4v) is 1.97. The summed E-state index contributed by atoms with van der Waals surface area (Å²) in [5, 5.41) is 4.31. The Balaban J connectivity index is 2.18. The standard InChI is InChI=1S/C12H14FN3OS/c1-7(2)18-6-11-15-12(17-16-11)9-4-3-8(14)5-10(9)13/h3-5,7H,6,14H2,1-2H3. The van der Waals surface area contributed by atoms with Crippen LogP contribution in [0.25, 0.3) is 11.5 Å². The normalized spacial score (nSPS) is 11.1. The lowest BCUT2D eigenvalue weighted by molar-refractivity contribution is 0.423. The third-order valence-electron chi connectivity index (χ3n) is 2.24. The smallest absolute Gasteiger partial charge is 0.260 e. The molecule has 0 fully saturated rings. The molecule has 2 aromatic rings. The number of hydrogen-bond donors (Lipinski definition) is 1. The number of nitrogens with two attached hydrogens (primary N) is 1. The van der Waals surface area contributed by atoms with E-state index in [1.807, 2.05) is 0 Å². The van der Waals surface area contributed by atoms with Gasteiger partial charge in [-0.15, -0.1) is 0 Å². The van der Waals surface area contributed by atoms with Crippen molar-refractivity contribution in [2.45, 2.75) is 24.9 Å². The van der Waals surface area contributed by atoms with Gasteiger partial charge in [-0.05, 0) is 23.4 Å². The maximum absolute atomic E-state index is 13.6. The zero-order chi connectivity index (χ0) is 13.1. The molecule has 0 saturated heterocycles. The third-order valence-corrected chi connectivity index (χ3v) is 3.33. The number of halogens is 1. The van der Waals surface area contributed by atoms with Gasteiger partial charge in [-0.25, -0.2) is 4.39 Å². The summed E-state index contributed by atoms with van der Waals surface area (Å²) in [4.78, 5) is 4.16. The average molecular weight is 267 g/mol. The van der Waals surface area contributed by atoms with Gasteiger partial charge in [0.1, 0.15) is 5.82 Å². The fourth-order valence-electron chi connectivity index (χ4n) is 1.37. The predicted octanol–water partition coefficient (Wildman–Crippen LogP) is 3.10. The molecule has 0 radical (unpaired) electrons. The Morgan fingerprint density at radius 1 is 1.44 bits per heavy atom. The highest BCUT2D eigenvalue weighted by Crippen LogP contribution is 2.24. The SMILES string of the molecule is CC(C)SCc1noc(-c2ccc(N)cc2F)n1. The largest absolute Gasteiger partial charge is 0.399 e. The first-order chi connectivity index (χ1) is 8.56. The average Bonchev–Trinajstić information content (AvgIpc) is 2.75. The second-order valence-electron chi connectivity index (χ2n) is 4.11. The number of rotatable bonds is 4. The van der Waals surface area contributed by atoms with Crippen molar-refractivity contribution in [2.24, 2.45) is 0 Å². The molecule has 2 rings (SSSR count). The molecule has 2 N–H and O–H groups in total. The Hall–Kier alpha value is -1.56. The Morgan fingerprint density at radius 2 is 2.22 bits per heavy atom. The molecule has 6 heteroatoms. The minimum Gasteiger partial charge on any atom is -0.399 e. The van der Waals surface area contributed by atoms with Gasteiger partial charge in [0, 0.05) is 5.69 Å². The summed E-state index contributed by atoms with van der Waals surface area (Å²) in [6.07, 6.45) is 0. The first kappa shape index (κ1) is 12.9. The van der Waals surface area contributed by atoms with Crippen LogP contribution in [0.3, 0.4) is 0 Å². The predicted molar refractivity (Wildman–Crippen MR) is 70.5 cm³/mol. The van der Waals surface area contributed by atoms with Crippen molar-refractivity contribution < 1.29 is 8.91 Å². The zero-order valence-electron chi connectivity index (χ0n) is 10.2. The van der Waals surface area contributed by atoms with Gasteiger partial charge in [0.15, 0.2) is 5.82 Å². The van der Waals surface area contributed by atoms with E-state index in [2.05, 4.69) is 24.0 Å². The molecule has 1 aromatic heterocycles. The number of nitrogens with zero attached hydrogens (tertiary/aromatic N) is 2. The molecule has 0 aliphatic carbocycles. The van der Waals surface area contributed by atoms with Gasteiger partial charge in [-0.2, -0.15) is 16.7 Å². The molecular formula is C12H14FN3OS. The second kappa shape index (κ2) is 5.39. The van der Waals surface area contributed by atoms with Crippen LogP contribution < -0.4 is 5.73 Å². The van der Waals surface area contributed by atoms with Gasteiger partial charge < -0.3 is 10.3 Å². The second-order valence-corrected chi connectivity index (χ2v) is 5.68. The topological polar surface area (TPSA) is 64.9 Å². The number of anilines is 1. The van der Waals surface area contributed by atoms with Gasteiger partial charge in [-0.1, -0.05) is 19.0 Å². The maximum Gasteiger partial charge on any atom is 0.260 e. The van der Waals surface area contributed by atoms with Crippen molar-refractivity contribution >= 4 is 17.4 Å². The quantitative estimate of drug-likeness (QED) is 0.862. The summed E-state index contributed by atoms with van der Waals surface area (Å²) >= 11 is 1.70. The molecule has 0 aliphatic heterocycles. The van der Waals surface area contributed by atoms with E-state index in [-0.39, 0.29) is 11.5 Å². The van der Waals surface area contributed by atoms with Crippen molar-refractivity contribution in [3.63, 3.8) is 0 Å². The Bertz CT molecular complexity index is 542. The van der Waals surface area contributed by atoms with Crippen LogP contribution in [0.1, 0.15) is 19.7 Å². The lowest BCUT2D eigenvalue weighted by Gasteiger charge is -1.99. The van der Waals surface area contributed by atoms with Crippen LogP contribution in [0.2, 0.25) is 0 Å². The maximum atomic E-state index is 13.6. The Morgan fingerprint density at radius 3 is 2.89 bits per heavy atom. The molecule has 0 bridgehead atoms. The van der Waals surface area contributed by atoms with Crippen LogP contribution in [0, 0.1) is 5.82 Å². The zero-order valence-corrected chi connectivity index (χ0v) is 11.0. The van der Waals surface area contributed by atoms with Crippen molar-refractivity contribution in [3.8, 4) is 11.5 Å². The van der Waals surface area contributed by atoms with Crippen molar-refractivity contribution in [2.75, 3.05) is 5.73 Å². The highest BCUT2D eigenvalue weighted by atomic mass is 32.2. The molecule has 0 aliphatic rings. The highest BCUT2D eigenvalue weighted by Gasteiger charge is 2.13. The molecule has 18 heavy (non-hydrogen) atoms. The number of benzene rings is 1. The molecule has 0 spiro atoms. The summed E-state index contributed by atoms with van der Waals surface area (Å²) in [6.45, 7) is 4.18. The number of thioether (sulfide) groups is 1. The van der Waals surface area contributed by atoms with E-state index in [9.17, 15) is 4.39 Å². The van der Waals surface area contributed by atoms with E-state index >= 15 is 0 Å². The molecule has 1 heterocycles. The van der Waals surface area contributed by atoms with Gasteiger partial charge in [-0.3, -0.25) is 0 Å². The van der Waals surface area contributed by atoms with E-state index < -0.39 is 5.82 Å². The van der Waals surface area contributed by atoms with Crippen LogP contribution in [-0.2, 0) is 5.75 Å². The summed E-state index contributed by atoms with van der Waals surface area (Å²) in [5.74, 6) is 0.950. The third kappa shape index (κ3) is 3.01. The van der Waals surface area contributed by atoms with Gasteiger partial charge in [0.2, 0.25) is 0 Å². The highest BCUT2D eigenvalue weighted by molar-refractivity contribution is 7.99. The van der Waals surface area contributed by atoms with Crippen molar-refractivity contribution in [1.82, 2.24) is 10.1 Å². The molecule has 4 nitrogen and oxygen atoms in total. The Labute approximate surface area is 109 Å². The summed E-state index contributed by atoms with van der Waals surface area (Å²) in [6, 6.07) is 4.38. The molecule has 0 unspecified atom stereocenters. The molecular weight excluding hydrogens is 253 g/mol. The lowest BCUT2D eigenvalue weighted by Crippen LogP contribution is -1.92. The molecule has 0 saturated carbocycles.